The zero-order valence-electron chi connectivity index (χ0n) is 11.7. The molecule has 0 aliphatic heterocycles. The van der Waals surface area contributed by atoms with Crippen molar-refractivity contribution in [2.75, 3.05) is 0 Å². The fraction of sp³-hybridized carbons (Fsp3) is 0.625. The number of phenols is 1. The number of hydrogen-bond acceptors (Lipinski definition) is 1. The molecule has 96 valence electrons. The molecule has 1 atom stereocenters. The summed E-state index contributed by atoms with van der Waals surface area (Å²) in [5, 5.41) is 10.0. The highest BCUT2D eigenvalue weighted by atomic mass is 16.3. The van der Waals surface area contributed by atoms with Crippen LogP contribution in [0.1, 0.15) is 68.6 Å². The van der Waals surface area contributed by atoms with E-state index in [1.165, 1.54) is 37.7 Å². The third-order valence-electron chi connectivity index (χ3n) is 3.49. The van der Waals surface area contributed by atoms with E-state index < -0.39 is 0 Å². The van der Waals surface area contributed by atoms with Crippen molar-refractivity contribution in [3.8, 4) is 5.75 Å². The number of phenolic OH excluding ortho intramolecular Hbond substituents is 1. The van der Waals surface area contributed by atoms with Crippen molar-refractivity contribution < 1.29 is 5.11 Å². The lowest BCUT2D eigenvalue weighted by atomic mass is 9.90. The number of aromatic hydroxyl groups is 1. The minimum absolute atomic E-state index is 0.465. The predicted octanol–water partition coefficient (Wildman–Crippen LogP) is 5.08. The minimum Gasteiger partial charge on any atom is -0.508 e. The lowest BCUT2D eigenvalue weighted by molar-refractivity contribution is 0.456. The van der Waals surface area contributed by atoms with Gasteiger partial charge < -0.3 is 5.11 Å². The van der Waals surface area contributed by atoms with Gasteiger partial charge in [-0.25, -0.2) is 0 Å². The third-order valence-corrected chi connectivity index (χ3v) is 3.49. The Hall–Kier alpha value is -0.980. The van der Waals surface area contributed by atoms with Crippen LogP contribution in [0.5, 0.6) is 5.75 Å². The topological polar surface area (TPSA) is 20.2 Å². The fourth-order valence-corrected chi connectivity index (χ4v) is 2.62. The lowest BCUT2D eigenvalue weighted by Crippen LogP contribution is -1.98. The summed E-state index contributed by atoms with van der Waals surface area (Å²) >= 11 is 0. The Morgan fingerprint density at radius 3 is 2.41 bits per heavy atom. The van der Waals surface area contributed by atoms with Crippen LogP contribution in [0.3, 0.4) is 0 Å². The van der Waals surface area contributed by atoms with Gasteiger partial charge in [0.1, 0.15) is 5.75 Å². The number of hydrogen-bond donors (Lipinski definition) is 1. The Kier molecular flexibility index (Phi) is 5.54. The first kappa shape index (κ1) is 14.1. The molecular formula is C16H26O. The number of aryl methyl sites for hydroxylation is 2. The molecule has 1 aromatic rings. The van der Waals surface area contributed by atoms with Crippen molar-refractivity contribution in [1.82, 2.24) is 0 Å². The van der Waals surface area contributed by atoms with Crippen molar-refractivity contribution in [2.45, 2.75) is 65.7 Å². The summed E-state index contributed by atoms with van der Waals surface area (Å²) in [5.74, 6) is 0.943. The molecule has 0 fully saturated rings. The van der Waals surface area contributed by atoms with E-state index >= 15 is 0 Å². The van der Waals surface area contributed by atoms with E-state index in [2.05, 4.69) is 26.8 Å². The van der Waals surface area contributed by atoms with Gasteiger partial charge in [-0.1, -0.05) is 45.6 Å². The maximum atomic E-state index is 10.0. The highest BCUT2D eigenvalue weighted by molar-refractivity contribution is 5.44. The molecule has 0 aliphatic carbocycles. The van der Waals surface area contributed by atoms with Crippen LogP contribution >= 0.6 is 0 Å². The molecule has 1 N–H and O–H groups in total. The highest BCUT2D eigenvalue weighted by Gasteiger charge is 2.13. The van der Waals surface area contributed by atoms with Gasteiger partial charge in [-0.3, -0.25) is 0 Å². The van der Waals surface area contributed by atoms with E-state index in [9.17, 15) is 5.11 Å². The zero-order valence-corrected chi connectivity index (χ0v) is 11.7. The standard InChI is InChI=1S/C16H26O/c1-5-6-7-8-9-13(3)16-14(4)10-12(2)11-15(16)17/h10-11,13,17H,5-9H2,1-4H3. The summed E-state index contributed by atoms with van der Waals surface area (Å²) < 4.78 is 0. The van der Waals surface area contributed by atoms with Gasteiger partial charge in [0.2, 0.25) is 0 Å². The molecule has 1 nitrogen and oxygen atoms in total. The summed E-state index contributed by atoms with van der Waals surface area (Å²) in [6, 6.07) is 4.04. The zero-order chi connectivity index (χ0) is 12.8. The Morgan fingerprint density at radius 1 is 1.12 bits per heavy atom. The molecule has 0 bridgehead atoms. The largest absolute Gasteiger partial charge is 0.508 e. The Bertz CT molecular complexity index is 332. The van der Waals surface area contributed by atoms with E-state index in [1.54, 1.807) is 0 Å². The van der Waals surface area contributed by atoms with Gasteiger partial charge in [0.25, 0.3) is 0 Å². The molecule has 0 aromatic heterocycles. The molecule has 17 heavy (non-hydrogen) atoms. The van der Waals surface area contributed by atoms with E-state index in [0.717, 1.165) is 11.1 Å². The summed E-state index contributed by atoms with van der Waals surface area (Å²) in [6.45, 7) is 8.59. The first-order chi connectivity index (χ1) is 8.06. The molecule has 0 saturated heterocycles. The Morgan fingerprint density at radius 2 is 1.82 bits per heavy atom. The Balaban J connectivity index is 2.65. The number of rotatable bonds is 6. The van der Waals surface area contributed by atoms with Gasteiger partial charge in [-0.2, -0.15) is 0 Å². The quantitative estimate of drug-likeness (QED) is 0.680. The lowest BCUT2D eigenvalue weighted by Gasteiger charge is -2.17. The molecule has 1 unspecified atom stereocenters. The summed E-state index contributed by atoms with van der Waals surface area (Å²) in [6.07, 6.45) is 6.36. The van der Waals surface area contributed by atoms with E-state index in [4.69, 9.17) is 0 Å². The molecule has 0 aliphatic rings. The summed E-state index contributed by atoms with van der Waals surface area (Å²) in [4.78, 5) is 0. The van der Waals surface area contributed by atoms with E-state index in [0.29, 0.717) is 11.7 Å². The summed E-state index contributed by atoms with van der Waals surface area (Å²) in [5.41, 5.74) is 3.51. The van der Waals surface area contributed by atoms with Crippen molar-refractivity contribution in [2.24, 2.45) is 0 Å². The highest BCUT2D eigenvalue weighted by Crippen LogP contribution is 2.33. The molecule has 0 amide bonds. The van der Waals surface area contributed by atoms with Crippen LogP contribution in [0.4, 0.5) is 0 Å². The molecule has 0 saturated carbocycles. The van der Waals surface area contributed by atoms with Crippen LogP contribution in [-0.2, 0) is 0 Å². The fourth-order valence-electron chi connectivity index (χ4n) is 2.62. The second-order valence-electron chi connectivity index (χ2n) is 5.27. The second kappa shape index (κ2) is 6.68. The number of benzene rings is 1. The molecule has 0 heterocycles. The molecule has 0 spiro atoms. The van der Waals surface area contributed by atoms with Crippen LogP contribution in [-0.4, -0.2) is 5.11 Å². The smallest absolute Gasteiger partial charge is 0.119 e. The first-order valence-corrected chi connectivity index (χ1v) is 6.86. The van der Waals surface area contributed by atoms with Crippen LogP contribution in [0.25, 0.3) is 0 Å². The maximum absolute atomic E-state index is 10.0. The second-order valence-corrected chi connectivity index (χ2v) is 5.27. The van der Waals surface area contributed by atoms with Gasteiger partial charge in [0, 0.05) is 0 Å². The predicted molar refractivity (Wildman–Crippen MR) is 74.8 cm³/mol. The maximum Gasteiger partial charge on any atom is 0.119 e. The molecule has 0 radical (unpaired) electrons. The summed E-state index contributed by atoms with van der Waals surface area (Å²) in [7, 11) is 0. The van der Waals surface area contributed by atoms with E-state index in [1.807, 2.05) is 13.0 Å². The molecule has 1 rings (SSSR count). The average molecular weight is 234 g/mol. The third kappa shape index (κ3) is 4.07. The van der Waals surface area contributed by atoms with Crippen LogP contribution in [0.2, 0.25) is 0 Å². The van der Waals surface area contributed by atoms with Crippen LogP contribution in [0.15, 0.2) is 12.1 Å². The SMILES string of the molecule is CCCCCCC(C)c1c(C)cc(C)cc1O. The van der Waals surface area contributed by atoms with Crippen molar-refractivity contribution in [3.63, 3.8) is 0 Å². The van der Waals surface area contributed by atoms with Crippen molar-refractivity contribution >= 4 is 0 Å². The van der Waals surface area contributed by atoms with Gasteiger partial charge in [-0.15, -0.1) is 0 Å². The molecular weight excluding hydrogens is 208 g/mol. The van der Waals surface area contributed by atoms with Crippen LogP contribution < -0.4 is 0 Å². The van der Waals surface area contributed by atoms with Gasteiger partial charge >= 0.3 is 0 Å². The van der Waals surface area contributed by atoms with E-state index in [-0.39, 0.29) is 0 Å². The minimum atomic E-state index is 0.465. The van der Waals surface area contributed by atoms with Crippen molar-refractivity contribution in [1.29, 1.82) is 0 Å². The molecule has 1 aromatic carbocycles. The van der Waals surface area contributed by atoms with Gasteiger partial charge in [0.15, 0.2) is 0 Å². The first-order valence-electron chi connectivity index (χ1n) is 6.86. The van der Waals surface area contributed by atoms with Crippen LogP contribution in [0, 0.1) is 13.8 Å². The normalized spacial score (nSPS) is 12.7. The van der Waals surface area contributed by atoms with Crippen molar-refractivity contribution in [3.05, 3.63) is 28.8 Å². The Labute approximate surface area is 106 Å². The monoisotopic (exact) mass is 234 g/mol. The molecule has 1 heteroatoms. The van der Waals surface area contributed by atoms with Gasteiger partial charge in [-0.05, 0) is 48.9 Å². The average Bonchev–Trinajstić information content (AvgIpc) is 2.23. The van der Waals surface area contributed by atoms with Gasteiger partial charge in [0.05, 0.1) is 0 Å². The number of unbranched alkanes of at least 4 members (excludes halogenated alkanes) is 3.